The van der Waals surface area contributed by atoms with Gasteiger partial charge in [0.1, 0.15) is 11.4 Å². The molecule has 1 saturated heterocycles. The monoisotopic (exact) mass is 292 g/mol. The van der Waals surface area contributed by atoms with Gasteiger partial charge >= 0.3 is 6.09 Å². The number of rotatable bonds is 4. The first-order valence-corrected chi connectivity index (χ1v) is 7.22. The third kappa shape index (κ3) is 4.36. The predicted octanol–water partition coefficient (Wildman–Crippen LogP) is 2.40. The van der Waals surface area contributed by atoms with Crippen LogP contribution in [0.3, 0.4) is 0 Å². The largest absolute Gasteiger partial charge is 0.496 e. The second-order valence-corrected chi connectivity index (χ2v) is 6.27. The van der Waals surface area contributed by atoms with Gasteiger partial charge in [0.05, 0.1) is 7.11 Å². The van der Waals surface area contributed by atoms with E-state index in [2.05, 4.69) is 5.32 Å². The number of methoxy groups -OCH3 is 1. The highest BCUT2D eigenvalue weighted by Gasteiger charge is 2.33. The summed E-state index contributed by atoms with van der Waals surface area (Å²) < 4.78 is 10.6. The number of ether oxygens (including phenoxy) is 2. The van der Waals surface area contributed by atoms with Gasteiger partial charge in [0.15, 0.2) is 0 Å². The Kier molecular flexibility index (Phi) is 4.73. The van der Waals surface area contributed by atoms with E-state index in [1.54, 1.807) is 12.0 Å². The van der Waals surface area contributed by atoms with Crippen molar-refractivity contribution in [2.75, 3.05) is 20.2 Å². The molecule has 21 heavy (non-hydrogen) atoms. The Morgan fingerprint density at radius 2 is 2.00 bits per heavy atom. The Morgan fingerprint density at radius 3 is 2.62 bits per heavy atom. The maximum absolute atomic E-state index is 11.8. The number of nitrogens with one attached hydrogen (secondary N) is 1. The Balaban J connectivity index is 1.75. The average molecular weight is 292 g/mol. The summed E-state index contributed by atoms with van der Waals surface area (Å²) in [4.78, 5) is 13.5. The van der Waals surface area contributed by atoms with Gasteiger partial charge in [-0.15, -0.1) is 0 Å². The summed E-state index contributed by atoms with van der Waals surface area (Å²) in [5.41, 5.74) is 0.684. The van der Waals surface area contributed by atoms with Gasteiger partial charge in [-0.2, -0.15) is 0 Å². The zero-order chi connectivity index (χ0) is 15.5. The molecular weight excluding hydrogens is 268 g/mol. The van der Waals surface area contributed by atoms with Gasteiger partial charge in [-0.25, -0.2) is 4.79 Å². The molecule has 0 aromatic heterocycles. The molecule has 0 radical (unpaired) electrons. The predicted molar refractivity (Wildman–Crippen MR) is 81.4 cm³/mol. The molecule has 1 aromatic rings. The Bertz CT molecular complexity index is 491. The molecule has 1 aromatic carbocycles. The van der Waals surface area contributed by atoms with Crippen LogP contribution in [0.2, 0.25) is 0 Å². The minimum absolute atomic E-state index is 0.238. The molecule has 1 fully saturated rings. The molecule has 5 nitrogen and oxygen atoms in total. The van der Waals surface area contributed by atoms with Crippen LogP contribution in [0.1, 0.15) is 26.3 Å². The lowest BCUT2D eigenvalue weighted by atomic mass is 10.1. The molecule has 0 spiro atoms. The van der Waals surface area contributed by atoms with Gasteiger partial charge in [0, 0.05) is 31.2 Å². The van der Waals surface area contributed by atoms with E-state index in [1.165, 1.54) is 0 Å². The number of hydrogen-bond donors (Lipinski definition) is 1. The van der Waals surface area contributed by atoms with Crippen molar-refractivity contribution in [1.29, 1.82) is 0 Å². The smallest absolute Gasteiger partial charge is 0.410 e. The number of nitrogens with zero attached hydrogens (tertiary/aromatic N) is 1. The van der Waals surface area contributed by atoms with E-state index in [1.807, 2.05) is 45.0 Å². The lowest BCUT2D eigenvalue weighted by molar-refractivity contribution is 0.00517. The van der Waals surface area contributed by atoms with Crippen LogP contribution >= 0.6 is 0 Å². The van der Waals surface area contributed by atoms with Crippen molar-refractivity contribution in [3.8, 4) is 5.75 Å². The molecule has 1 N–H and O–H groups in total. The SMILES string of the molecule is COc1ccccc1CNC1CN(C(=O)OC(C)(C)C)C1. The summed E-state index contributed by atoms with van der Waals surface area (Å²) in [5, 5.41) is 3.43. The second-order valence-electron chi connectivity index (χ2n) is 6.27. The molecule has 0 unspecified atom stereocenters. The number of para-hydroxylation sites is 1. The molecular formula is C16H24N2O3. The molecule has 0 aliphatic carbocycles. The van der Waals surface area contributed by atoms with Crippen LogP contribution in [-0.4, -0.2) is 42.8 Å². The van der Waals surface area contributed by atoms with Crippen LogP contribution in [0.5, 0.6) is 5.75 Å². The van der Waals surface area contributed by atoms with E-state index in [0.717, 1.165) is 17.9 Å². The summed E-state index contributed by atoms with van der Waals surface area (Å²) in [6.07, 6.45) is -0.238. The maximum atomic E-state index is 11.8. The van der Waals surface area contributed by atoms with Crippen molar-refractivity contribution in [3.05, 3.63) is 29.8 Å². The van der Waals surface area contributed by atoms with Gasteiger partial charge in [-0.05, 0) is 26.8 Å². The molecule has 0 atom stereocenters. The molecule has 5 heteroatoms. The number of amides is 1. The summed E-state index contributed by atoms with van der Waals surface area (Å²) in [6, 6.07) is 8.24. The van der Waals surface area contributed by atoms with Crippen molar-refractivity contribution in [3.63, 3.8) is 0 Å². The van der Waals surface area contributed by atoms with E-state index in [-0.39, 0.29) is 6.09 Å². The molecule has 1 aliphatic rings. The van der Waals surface area contributed by atoms with Crippen molar-refractivity contribution < 1.29 is 14.3 Å². The summed E-state index contributed by atoms with van der Waals surface area (Å²) >= 11 is 0. The molecule has 1 amide bonds. The molecule has 0 bridgehead atoms. The first-order chi connectivity index (χ1) is 9.89. The molecule has 1 heterocycles. The summed E-state index contributed by atoms with van der Waals surface area (Å²) in [5.74, 6) is 0.883. The third-order valence-electron chi connectivity index (χ3n) is 3.31. The van der Waals surface area contributed by atoms with Crippen molar-refractivity contribution in [1.82, 2.24) is 10.2 Å². The molecule has 1 aliphatic heterocycles. The second kappa shape index (κ2) is 6.35. The number of carbonyl (C=O) groups excluding carboxylic acids is 1. The maximum Gasteiger partial charge on any atom is 0.410 e. The number of hydrogen-bond acceptors (Lipinski definition) is 4. The van der Waals surface area contributed by atoms with E-state index in [9.17, 15) is 4.79 Å². The highest BCUT2D eigenvalue weighted by Crippen LogP contribution is 2.19. The first kappa shape index (κ1) is 15.6. The number of likely N-dealkylation sites (tertiary alicyclic amines) is 1. The quantitative estimate of drug-likeness (QED) is 0.926. The minimum atomic E-state index is -0.437. The third-order valence-corrected chi connectivity index (χ3v) is 3.31. The normalized spacial score (nSPS) is 15.5. The van der Waals surface area contributed by atoms with E-state index >= 15 is 0 Å². The van der Waals surface area contributed by atoms with E-state index in [0.29, 0.717) is 19.1 Å². The highest BCUT2D eigenvalue weighted by atomic mass is 16.6. The Hall–Kier alpha value is -1.75. The van der Waals surface area contributed by atoms with E-state index in [4.69, 9.17) is 9.47 Å². The molecule has 116 valence electrons. The Labute approximate surface area is 126 Å². The van der Waals surface area contributed by atoms with Crippen LogP contribution in [0.25, 0.3) is 0 Å². The lowest BCUT2D eigenvalue weighted by Crippen LogP contribution is -2.60. The topological polar surface area (TPSA) is 50.8 Å². The Morgan fingerprint density at radius 1 is 1.33 bits per heavy atom. The summed E-state index contributed by atoms with van der Waals surface area (Å²) in [7, 11) is 1.67. The number of benzene rings is 1. The average Bonchev–Trinajstić information content (AvgIpc) is 2.35. The first-order valence-electron chi connectivity index (χ1n) is 7.22. The van der Waals surface area contributed by atoms with Gasteiger partial charge < -0.3 is 19.7 Å². The van der Waals surface area contributed by atoms with Crippen LogP contribution in [0, 0.1) is 0 Å². The fraction of sp³-hybridized carbons (Fsp3) is 0.562. The number of carbonyl (C=O) groups is 1. The molecule has 0 saturated carbocycles. The fourth-order valence-corrected chi connectivity index (χ4v) is 2.19. The highest BCUT2D eigenvalue weighted by molar-refractivity contribution is 5.69. The summed E-state index contributed by atoms with van der Waals surface area (Å²) in [6.45, 7) is 7.73. The lowest BCUT2D eigenvalue weighted by Gasteiger charge is -2.40. The van der Waals surface area contributed by atoms with Crippen molar-refractivity contribution >= 4 is 6.09 Å². The van der Waals surface area contributed by atoms with Gasteiger partial charge in [-0.1, -0.05) is 18.2 Å². The van der Waals surface area contributed by atoms with Crippen LogP contribution in [0.4, 0.5) is 4.79 Å². The fourth-order valence-electron chi connectivity index (χ4n) is 2.19. The van der Waals surface area contributed by atoms with Crippen molar-refractivity contribution in [2.24, 2.45) is 0 Å². The minimum Gasteiger partial charge on any atom is -0.496 e. The standard InChI is InChI=1S/C16H24N2O3/c1-16(2,3)21-15(19)18-10-13(11-18)17-9-12-7-5-6-8-14(12)20-4/h5-8,13,17H,9-11H2,1-4H3. The van der Waals surface area contributed by atoms with E-state index < -0.39 is 5.60 Å². The zero-order valence-corrected chi connectivity index (χ0v) is 13.2. The zero-order valence-electron chi connectivity index (χ0n) is 13.2. The van der Waals surface area contributed by atoms with Gasteiger partial charge in [0.2, 0.25) is 0 Å². The van der Waals surface area contributed by atoms with Crippen molar-refractivity contribution in [2.45, 2.75) is 39.0 Å². The van der Waals surface area contributed by atoms with Crippen LogP contribution < -0.4 is 10.1 Å². The van der Waals surface area contributed by atoms with Crippen LogP contribution in [0.15, 0.2) is 24.3 Å². The van der Waals surface area contributed by atoms with Gasteiger partial charge in [0.25, 0.3) is 0 Å². The van der Waals surface area contributed by atoms with Gasteiger partial charge in [-0.3, -0.25) is 0 Å². The molecule has 2 rings (SSSR count). The van der Waals surface area contributed by atoms with Crippen LogP contribution in [-0.2, 0) is 11.3 Å².